The molecule has 3 N–H and O–H groups in total. The number of nitrogens with zero attached hydrogens (tertiary/aromatic N) is 3. The van der Waals surface area contributed by atoms with Crippen molar-refractivity contribution in [2.75, 3.05) is 53.5 Å². The predicted octanol–water partition coefficient (Wildman–Crippen LogP) is -0.783. The SMILES string of the molecule is CN(C)C1=CC(CCN2CCOCC2)NN1CCC(N)C=O. The number of hydrogen-bond acceptors (Lipinski definition) is 7. The van der Waals surface area contributed by atoms with Gasteiger partial charge >= 0.3 is 0 Å². The van der Waals surface area contributed by atoms with Gasteiger partial charge in [-0.1, -0.05) is 0 Å². The summed E-state index contributed by atoms with van der Waals surface area (Å²) in [7, 11) is 4.06. The summed E-state index contributed by atoms with van der Waals surface area (Å²) in [5.41, 5.74) is 9.20. The van der Waals surface area contributed by atoms with Crippen molar-refractivity contribution >= 4 is 6.29 Å². The van der Waals surface area contributed by atoms with Gasteiger partial charge in [-0.05, 0) is 18.9 Å². The zero-order valence-corrected chi connectivity index (χ0v) is 13.7. The van der Waals surface area contributed by atoms with E-state index < -0.39 is 6.04 Å². The lowest BCUT2D eigenvalue weighted by Gasteiger charge is -2.29. The van der Waals surface area contributed by atoms with E-state index in [1.54, 1.807) is 0 Å². The summed E-state index contributed by atoms with van der Waals surface area (Å²) in [6.45, 7) is 5.53. The smallest absolute Gasteiger partial charge is 0.136 e. The second kappa shape index (κ2) is 8.47. The van der Waals surface area contributed by atoms with Crippen molar-refractivity contribution < 1.29 is 9.53 Å². The van der Waals surface area contributed by atoms with E-state index in [0.29, 0.717) is 12.5 Å². The van der Waals surface area contributed by atoms with E-state index in [1.165, 1.54) is 0 Å². The van der Waals surface area contributed by atoms with E-state index in [0.717, 1.165) is 57.9 Å². The van der Waals surface area contributed by atoms with E-state index in [1.807, 2.05) is 14.1 Å². The molecule has 2 aliphatic rings. The minimum absolute atomic E-state index is 0.327. The molecule has 0 aromatic rings. The number of hydrazine groups is 1. The minimum atomic E-state index is -0.391. The van der Waals surface area contributed by atoms with Crippen molar-refractivity contribution in [3.63, 3.8) is 0 Å². The molecule has 7 heteroatoms. The number of nitrogens with one attached hydrogen (secondary N) is 1. The Labute approximate surface area is 133 Å². The molecule has 0 radical (unpaired) electrons. The molecule has 0 amide bonds. The van der Waals surface area contributed by atoms with Crippen LogP contribution in [0.1, 0.15) is 12.8 Å². The van der Waals surface area contributed by atoms with Gasteiger partial charge in [-0.15, -0.1) is 0 Å². The maximum atomic E-state index is 10.7. The van der Waals surface area contributed by atoms with E-state index in [9.17, 15) is 4.79 Å². The molecule has 2 atom stereocenters. The Morgan fingerprint density at radius 2 is 2.18 bits per heavy atom. The Bertz CT molecular complexity index is 382. The highest BCUT2D eigenvalue weighted by Crippen LogP contribution is 2.17. The minimum Gasteiger partial charge on any atom is -0.379 e. The molecule has 2 aliphatic heterocycles. The van der Waals surface area contributed by atoms with E-state index >= 15 is 0 Å². The van der Waals surface area contributed by atoms with Crippen LogP contribution in [0, 0.1) is 0 Å². The predicted molar refractivity (Wildman–Crippen MR) is 85.9 cm³/mol. The third kappa shape index (κ3) is 4.95. The fraction of sp³-hybridized carbons (Fsp3) is 0.800. The molecule has 0 bridgehead atoms. The molecule has 1 fully saturated rings. The van der Waals surface area contributed by atoms with Gasteiger partial charge in [0.15, 0.2) is 0 Å². The van der Waals surface area contributed by atoms with Crippen LogP contribution in [0.3, 0.4) is 0 Å². The molecule has 1 saturated heterocycles. The summed E-state index contributed by atoms with van der Waals surface area (Å²) in [5.74, 6) is 1.14. The molecular formula is C15H29N5O2. The molecule has 2 unspecified atom stereocenters. The first kappa shape index (κ1) is 17.2. The summed E-state index contributed by atoms with van der Waals surface area (Å²) in [6, 6.07) is -0.0645. The Morgan fingerprint density at radius 1 is 1.45 bits per heavy atom. The monoisotopic (exact) mass is 311 g/mol. The second-order valence-corrected chi connectivity index (χ2v) is 6.14. The number of carbonyl (C=O) groups excluding carboxylic acids is 1. The highest BCUT2D eigenvalue weighted by atomic mass is 16.5. The van der Waals surface area contributed by atoms with Gasteiger partial charge in [-0.2, -0.15) is 0 Å². The summed E-state index contributed by atoms with van der Waals surface area (Å²) in [5, 5.41) is 2.10. The first-order chi connectivity index (χ1) is 10.6. The number of nitrogens with two attached hydrogens (primary N) is 1. The van der Waals surface area contributed by atoms with Gasteiger partial charge in [0.05, 0.1) is 19.3 Å². The maximum Gasteiger partial charge on any atom is 0.136 e. The van der Waals surface area contributed by atoms with Crippen LogP contribution in [-0.4, -0.2) is 86.7 Å². The van der Waals surface area contributed by atoms with Crippen LogP contribution in [0.2, 0.25) is 0 Å². The van der Waals surface area contributed by atoms with Gasteiger partial charge in [-0.25, -0.2) is 5.43 Å². The number of rotatable bonds is 8. The number of morpholine rings is 1. The van der Waals surface area contributed by atoms with Crippen molar-refractivity contribution in [1.82, 2.24) is 20.2 Å². The van der Waals surface area contributed by atoms with Gasteiger partial charge in [0.1, 0.15) is 12.1 Å². The van der Waals surface area contributed by atoms with Crippen LogP contribution >= 0.6 is 0 Å². The van der Waals surface area contributed by atoms with Crippen LogP contribution in [0.4, 0.5) is 0 Å². The van der Waals surface area contributed by atoms with E-state index in [4.69, 9.17) is 10.5 Å². The van der Waals surface area contributed by atoms with Crippen LogP contribution in [0.25, 0.3) is 0 Å². The molecular weight excluding hydrogens is 282 g/mol. The summed E-state index contributed by atoms with van der Waals surface area (Å²) < 4.78 is 5.38. The third-order valence-electron chi connectivity index (χ3n) is 4.13. The van der Waals surface area contributed by atoms with Gasteiger partial charge in [0.25, 0.3) is 0 Å². The van der Waals surface area contributed by atoms with Crippen molar-refractivity contribution in [1.29, 1.82) is 0 Å². The molecule has 0 saturated carbocycles. The lowest BCUT2D eigenvalue weighted by molar-refractivity contribution is -0.109. The lowest BCUT2D eigenvalue weighted by atomic mass is 10.2. The van der Waals surface area contributed by atoms with Crippen molar-refractivity contribution in [2.24, 2.45) is 5.73 Å². The van der Waals surface area contributed by atoms with Gasteiger partial charge in [-0.3, -0.25) is 9.91 Å². The summed E-state index contributed by atoms with van der Waals surface area (Å²) in [4.78, 5) is 15.2. The molecule has 0 aromatic heterocycles. The largest absolute Gasteiger partial charge is 0.379 e. The Balaban J connectivity index is 1.81. The van der Waals surface area contributed by atoms with Crippen molar-refractivity contribution in [3.8, 4) is 0 Å². The van der Waals surface area contributed by atoms with Crippen LogP contribution in [0.5, 0.6) is 0 Å². The Hall–Kier alpha value is -1.15. The molecule has 7 nitrogen and oxygen atoms in total. The third-order valence-corrected chi connectivity index (χ3v) is 4.13. The number of hydrogen-bond donors (Lipinski definition) is 2. The molecule has 0 aliphatic carbocycles. The quantitative estimate of drug-likeness (QED) is 0.570. The topological polar surface area (TPSA) is 74.1 Å². The summed E-state index contributed by atoms with van der Waals surface area (Å²) in [6.07, 6.45) is 4.78. The van der Waals surface area contributed by atoms with Gasteiger partial charge < -0.3 is 20.2 Å². The molecule has 0 aromatic carbocycles. The normalized spacial score (nSPS) is 24.2. The zero-order valence-electron chi connectivity index (χ0n) is 13.7. The zero-order chi connectivity index (χ0) is 15.9. The fourth-order valence-corrected chi connectivity index (χ4v) is 2.78. The van der Waals surface area contributed by atoms with E-state index in [2.05, 4.69) is 26.3 Å². The first-order valence-electron chi connectivity index (χ1n) is 8.04. The molecule has 2 heterocycles. The number of carbonyl (C=O) groups is 1. The molecule has 2 rings (SSSR count). The second-order valence-electron chi connectivity index (χ2n) is 6.14. The molecule has 0 spiro atoms. The first-order valence-corrected chi connectivity index (χ1v) is 8.04. The van der Waals surface area contributed by atoms with E-state index in [-0.39, 0.29) is 0 Å². The number of ether oxygens (including phenoxy) is 1. The van der Waals surface area contributed by atoms with Crippen LogP contribution < -0.4 is 11.2 Å². The van der Waals surface area contributed by atoms with Crippen molar-refractivity contribution in [2.45, 2.75) is 24.9 Å². The van der Waals surface area contributed by atoms with Crippen LogP contribution in [-0.2, 0) is 9.53 Å². The summed E-state index contributed by atoms with van der Waals surface area (Å²) >= 11 is 0. The highest BCUT2D eigenvalue weighted by Gasteiger charge is 2.24. The average Bonchev–Trinajstić information content (AvgIpc) is 2.95. The molecule has 126 valence electrons. The fourth-order valence-electron chi connectivity index (χ4n) is 2.78. The standard InChI is InChI=1S/C15H29N5O2/c1-18(2)15-11-14(4-5-19-7-9-22-10-8-19)17-20(15)6-3-13(16)12-21/h11-14,17H,3-10,16H2,1-2H3. The Kier molecular flexibility index (Phi) is 6.63. The van der Waals surface area contributed by atoms with Crippen LogP contribution in [0.15, 0.2) is 11.9 Å². The Morgan fingerprint density at radius 3 is 2.82 bits per heavy atom. The van der Waals surface area contributed by atoms with Crippen molar-refractivity contribution in [3.05, 3.63) is 11.9 Å². The lowest BCUT2D eigenvalue weighted by Crippen LogP contribution is -2.44. The number of aldehydes is 1. The van der Waals surface area contributed by atoms with Gasteiger partial charge in [0, 0.05) is 46.3 Å². The van der Waals surface area contributed by atoms with Gasteiger partial charge in [0.2, 0.25) is 0 Å². The average molecular weight is 311 g/mol. The molecule has 22 heavy (non-hydrogen) atoms. The highest BCUT2D eigenvalue weighted by molar-refractivity contribution is 5.56. The maximum absolute atomic E-state index is 10.7.